The van der Waals surface area contributed by atoms with Crippen LogP contribution in [0.2, 0.25) is 0 Å². The molecular weight excluding hydrogens is 325 g/mol. The van der Waals surface area contributed by atoms with Gasteiger partial charge in [-0.1, -0.05) is 0 Å². The van der Waals surface area contributed by atoms with Gasteiger partial charge in [0, 0.05) is 19.0 Å². The van der Waals surface area contributed by atoms with Gasteiger partial charge in [-0.2, -0.15) is 0 Å². The van der Waals surface area contributed by atoms with E-state index in [1.165, 1.54) is 18.2 Å². The quantitative estimate of drug-likeness (QED) is 0.760. The normalized spacial score (nSPS) is 15.6. The minimum Gasteiger partial charge on any atom is -0.476 e. The standard InChI is InChI=1S/C17H16FN5O2/c18-11-1-2-12-14(9-11)20-16(19-12)10-5-7-23(8-6-10)15-4-3-13(17(24)25)21-22-15/h1-4,9-10H,5-8H2,(H,19,20)(H,24,25). The van der Waals surface area contributed by atoms with Crippen LogP contribution in [0.4, 0.5) is 10.2 Å². The van der Waals surface area contributed by atoms with Crippen molar-refractivity contribution in [3.63, 3.8) is 0 Å². The van der Waals surface area contributed by atoms with Crippen molar-refractivity contribution in [2.75, 3.05) is 18.0 Å². The monoisotopic (exact) mass is 341 g/mol. The molecule has 25 heavy (non-hydrogen) atoms. The number of H-pyrrole nitrogens is 1. The van der Waals surface area contributed by atoms with Gasteiger partial charge < -0.3 is 15.0 Å². The molecule has 0 unspecified atom stereocenters. The molecule has 0 aliphatic carbocycles. The van der Waals surface area contributed by atoms with Crippen molar-refractivity contribution >= 4 is 22.8 Å². The van der Waals surface area contributed by atoms with Crippen LogP contribution in [0.3, 0.4) is 0 Å². The van der Waals surface area contributed by atoms with E-state index < -0.39 is 5.97 Å². The summed E-state index contributed by atoms with van der Waals surface area (Å²) in [6.45, 7) is 1.55. The number of hydrogen-bond donors (Lipinski definition) is 2. The van der Waals surface area contributed by atoms with Crippen LogP contribution >= 0.6 is 0 Å². The lowest BCUT2D eigenvalue weighted by Gasteiger charge is -2.31. The van der Waals surface area contributed by atoms with Gasteiger partial charge in [0.2, 0.25) is 0 Å². The van der Waals surface area contributed by atoms with E-state index in [1.54, 1.807) is 12.1 Å². The molecule has 0 spiro atoms. The molecule has 0 saturated carbocycles. The van der Waals surface area contributed by atoms with E-state index in [0.717, 1.165) is 37.3 Å². The second-order valence-electron chi connectivity index (χ2n) is 6.13. The molecule has 1 saturated heterocycles. The highest BCUT2D eigenvalue weighted by Crippen LogP contribution is 2.29. The minimum absolute atomic E-state index is 0.0619. The molecule has 7 nitrogen and oxygen atoms in total. The maximum atomic E-state index is 13.3. The van der Waals surface area contributed by atoms with E-state index in [0.29, 0.717) is 11.3 Å². The van der Waals surface area contributed by atoms with Crippen LogP contribution in [0, 0.1) is 5.82 Å². The van der Waals surface area contributed by atoms with Crippen molar-refractivity contribution in [1.29, 1.82) is 0 Å². The maximum absolute atomic E-state index is 13.3. The predicted molar refractivity (Wildman–Crippen MR) is 89.2 cm³/mol. The number of nitrogens with one attached hydrogen (secondary N) is 1. The van der Waals surface area contributed by atoms with Crippen molar-refractivity contribution in [3.8, 4) is 0 Å². The smallest absolute Gasteiger partial charge is 0.356 e. The number of benzene rings is 1. The van der Waals surface area contributed by atoms with E-state index >= 15 is 0 Å². The first-order valence-electron chi connectivity index (χ1n) is 8.07. The molecule has 2 N–H and O–H groups in total. The van der Waals surface area contributed by atoms with E-state index in [1.807, 2.05) is 0 Å². The molecule has 1 aromatic carbocycles. The van der Waals surface area contributed by atoms with E-state index in [-0.39, 0.29) is 17.4 Å². The molecular formula is C17H16FN5O2. The summed E-state index contributed by atoms with van der Waals surface area (Å²) < 4.78 is 13.3. The van der Waals surface area contributed by atoms with Crippen molar-refractivity contribution in [3.05, 3.63) is 47.7 Å². The fraction of sp³-hybridized carbons (Fsp3) is 0.294. The lowest BCUT2D eigenvalue weighted by atomic mass is 9.96. The topological polar surface area (TPSA) is 95.0 Å². The van der Waals surface area contributed by atoms with Crippen molar-refractivity contribution < 1.29 is 14.3 Å². The molecule has 0 atom stereocenters. The van der Waals surface area contributed by atoms with Gasteiger partial charge in [0.25, 0.3) is 0 Å². The van der Waals surface area contributed by atoms with Gasteiger partial charge >= 0.3 is 5.97 Å². The molecule has 0 amide bonds. The molecule has 1 aliphatic rings. The average Bonchev–Trinajstić information content (AvgIpc) is 3.05. The number of fused-ring (bicyclic) bond motifs is 1. The zero-order valence-electron chi connectivity index (χ0n) is 13.3. The van der Waals surface area contributed by atoms with Crippen LogP contribution in [-0.4, -0.2) is 44.3 Å². The zero-order valence-corrected chi connectivity index (χ0v) is 13.3. The summed E-state index contributed by atoms with van der Waals surface area (Å²) in [6, 6.07) is 7.69. The summed E-state index contributed by atoms with van der Waals surface area (Å²) in [5.74, 6) is 0.473. The van der Waals surface area contributed by atoms with Crippen LogP contribution in [0.25, 0.3) is 11.0 Å². The molecule has 2 aromatic heterocycles. The zero-order chi connectivity index (χ0) is 17.4. The first-order chi connectivity index (χ1) is 12.1. The van der Waals surface area contributed by atoms with Gasteiger partial charge in [-0.25, -0.2) is 14.2 Å². The molecule has 0 bridgehead atoms. The van der Waals surface area contributed by atoms with E-state index in [4.69, 9.17) is 5.11 Å². The predicted octanol–water partition coefficient (Wildman–Crippen LogP) is 2.57. The highest BCUT2D eigenvalue weighted by molar-refractivity contribution is 5.85. The minimum atomic E-state index is -1.08. The first kappa shape index (κ1) is 15.5. The third kappa shape index (κ3) is 3.02. The Bertz CT molecular complexity index is 916. The van der Waals surface area contributed by atoms with Crippen LogP contribution < -0.4 is 4.90 Å². The second kappa shape index (κ2) is 6.12. The molecule has 128 valence electrons. The Balaban J connectivity index is 1.46. The molecule has 1 fully saturated rings. The number of imidazole rings is 1. The van der Waals surface area contributed by atoms with Crippen molar-refractivity contribution in [1.82, 2.24) is 20.2 Å². The lowest BCUT2D eigenvalue weighted by molar-refractivity contribution is 0.0689. The molecule has 3 aromatic rings. The molecule has 4 rings (SSSR count). The van der Waals surface area contributed by atoms with Gasteiger partial charge in [0.15, 0.2) is 11.5 Å². The van der Waals surface area contributed by atoms with Gasteiger partial charge in [-0.05, 0) is 43.2 Å². The number of nitrogens with zero attached hydrogens (tertiary/aromatic N) is 4. The summed E-state index contributed by atoms with van der Waals surface area (Å²) >= 11 is 0. The fourth-order valence-electron chi connectivity index (χ4n) is 3.18. The third-order valence-electron chi connectivity index (χ3n) is 4.54. The SMILES string of the molecule is O=C(O)c1ccc(N2CCC(c3nc4ccc(F)cc4[nH]3)CC2)nn1. The molecule has 0 radical (unpaired) electrons. The van der Waals surface area contributed by atoms with Crippen LogP contribution in [0.5, 0.6) is 0 Å². The van der Waals surface area contributed by atoms with Crippen molar-refractivity contribution in [2.24, 2.45) is 0 Å². The van der Waals surface area contributed by atoms with Gasteiger partial charge in [-0.15, -0.1) is 10.2 Å². The number of hydrogen-bond acceptors (Lipinski definition) is 5. The Morgan fingerprint density at radius 3 is 2.68 bits per heavy atom. The number of halogens is 1. The van der Waals surface area contributed by atoms with Crippen molar-refractivity contribution in [2.45, 2.75) is 18.8 Å². The summed E-state index contributed by atoms with van der Waals surface area (Å²) in [5, 5.41) is 16.6. The Hall–Kier alpha value is -3.03. The maximum Gasteiger partial charge on any atom is 0.356 e. The Morgan fingerprint density at radius 2 is 2.00 bits per heavy atom. The highest BCUT2D eigenvalue weighted by Gasteiger charge is 2.24. The number of aromatic nitrogens is 4. The summed E-state index contributed by atoms with van der Waals surface area (Å²) in [5.41, 5.74) is 1.43. The van der Waals surface area contributed by atoms with Gasteiger partial charge in [-0.3, -0.25) is 0 Å². The third-order valence-corrected chi connectivity index (χ3v) is 4.54. The first-order valence-corrected chi connectivity index (χ1v) is 8.07. The van der Waals surface area contributed by atoms with Gasteiger partial charge in [0.1, 0.15) is 11.6 Å². The fourth-order valence-corrected chi connectivity index (χ4v) is 3.18. The number of piperidine rings is 1. The van der Waals surface area contributed by atoms with E-state index in [2.05, 4.69) is 25.1 Å². The Kier molecular flexibility index (Phi) is 3.79. The van der Waals surface area contributed by atoms with Crippen LogP contribution in [-0.2, 0) is 0 Å². The number of rotatable bonds is 3. The number of aromatic amines is 1. The number of carboxylic acid groups (broad SMARTS) is 1. The molecule has 3 heterocycles. The van der Waals surface area contributed by atoms with Crippen LogP contribution in [0.15, 0.2) is 30.3 Å². The Labute approximate surface area is 142 Å². The highest BCUT2D eigenvalue weighted by atomic mass is 19.1. The summed E-state index contributed by atoms with van der Waals surface area (Å²) in [6.07, 6.45) is 1.76. The molecule has 1 aliphatic heterocycles. The number of anilines is 1. The van der Waals surface area contributed by atoms with Gasteiger partial charge in [0.05, 0.1) is 11.0 Å². The lowest BCUT2D eigenvalue weighted by Crippen LogP contribution is -2.34. The second-order valence-corrected chi connectivity index (χ2v) is 6.13. The number of aromatic carboxylic acids is 1. The summed E-state index contributed by atoms with van der Waals surface area (Å²) in [7, 11) is 0. The van der Waals surface area contributed by atoms with E-state index in [9.17, 15) is 9.18 Å². The largest absolute Gasteiger partial charge is 0.476 e. The number of carbonyl (C=O) groups is 1. The average molecular weight is 341 g/mol. The molecule has 8 heteroatoms. The summed E-state index contributed by atoms with van der Waals surface area (Å²) in [4.78, 5) is 20.7. The van der Waals surface area contributed by atoms with Crippen LogP contribution in [0.1, 0.15) is 35.1 Å². The number of carboxylic acids is 1. The Morgan fingerprint density at radius 1 is 1.20 bits per heavy atom.